The van der Waals surface area contributed by atoms with Crippen LogP contribution in [0.15, 0.2) is 48.8 Å². The molecule has 8 heteroatoms. The molecular formula is C19H16N6O2. The van der Waals surface area contributed by atoms with E-state index in [0.29, 0.717) is 5.69 Å². The maximum atomic E-state index is 11.5. The minimum Gasteiger partial charge on any atom is -0.398 e. The maximum absolute atomic E-state index is 11.5. The van der Waals surface area contributed by atoms with Crippen molar-refractivity contribution in [3.8, 4) is 22.6 Å². The van der Waals surface area contributed by atoms with Gasteiger partial charge in [0.05, 0.1) is 10.6 Å². The summed E-state index contributed by atoms with van der Waals surface area (Å²) in [5.74, 6) is 0.158. The van der Waals surface area contributed by atoms with Crippen LogP contribution in [0.2, 0.25) is 0 Å². The van der Waals surface area contributed by atoms with Gasteiger partial charge in [0.1, 0.15) is 11.3 Å². The molecule has 4 rings (SSSR count). The van der Waals surface area contributed by atoms with Crippen LogP contribution in [0.25, 0.3) is 33.5 Å². The Kier molecular flexibility index (Phi) is 3.73. The van der Waals surface area contributed by atoms with Gasteiger partial charge >= 0.3 is 5.69 Å². The highest BCUT2D eigenvalue weighted by atomic mass is 16.6. The van der Waals surface area contributed by atoms with Crippen LogP contribution in [0, 0.1) is 17.0 Å². The number of para-hydroxylation sites is 1. The summed E-state index contributed by atoms with van der Waals surface area (Å²) in [5, 5.41) is 12.5. The number of nitrogens with one attached hydrogen (secondary N) is 1. The number of nitrogens with two attached hydrogens (primary N) is 2. The number of anilines is 2. The number of hydrogen-bond donors (Lipinski definition) is 3. The molecule has 0 amide bonds. The van der Waals surface area contributed by atoms with E-state index in [4.69, 9.17) is 11.5 Å². The highest BCUT2D eigenvalue weighted by molar-refractivity contribution is 5.96. The van der Waals surface area contributed by atoms with Crippen molar-refractivity contribution < 1.29 is 4.92 Å². The van der Waals surface area contributed by atoms with Crippen molar-refractivity contribution in [1.82, 2.24) is 15.0 Å². The number of hydrogen-bond acceptors (Lipinski definition) is 6. The van der Waals surface area contributed by atoms with Gasteiger partial charge in [-0.1, -0.05) is 18.2 Å². The predicted octanol–water partition coefficient (Wildman–Crippen LogP) is 3.67. The van der Waals surface area contributed by atoms with Crippen molar-refractivity contribution in [2.75, 3.05) is 11.5 Å². The van der Waals surface area contributed by atoms with Crippen LogP contribution in [0.5, 0.6) is 0 Å². The van der Waals surface area contributed by atoms with Gasteiger partial charge in [-0.2, -0.15) is 0 Å². The first-order chi connectivity index (χ1) is 13.0. The summed E-state index contributed by atoms with van der Waals surface area (Å²) in [7, 11) is 0. The van der Waals surface area contributed by atoms with E-state index in [-0.39, 0.29) is 28.5 Å². The fourth-order valence-electron chi connectivity index (χ4n) is 3.20. The third-order valence-electron chi connectivity index (χ3n) is 4.50. The number of aromatic amines is 1. The lowest BCUT2D eigenvalue weighted by Crippen LogP contribution is -2.04. The molecule has 0 aliphatic carbocycles. The minimum absolute atomic E-state index is 0.0147. The van der Waals surface area contributed by atoms with Crippen LogP contribution in [-0.2, 0) is 0 Å². The lowest BCUT2D eigenvalue weighted by atomic mass is 10.1. The first kappa shape index (κ1) is 16.5. The average molecular weight is 360 g/mol. The molecule has 0 unspecified atom stereocenters. The third kappa shape index (κ3) is 2.63. The molecule has 4 aromatic rings. The van der Waals surface area contributed by atoms with E-state index in [2.05, 4.69) is 15.0 Å². The van der Waals surface area contributed by atoms with E-state index < -0.39 is 4.92 Å². The molecule has 0 aliphatic rings. The van der Waals surface area contributed by atoms with Gasteiger partial charge in [-0.3, -0.25) is 10.1 Å². The Bertz CT molecular complexity index is 1200. The zero-order valence-corrected chi connectivity index (χ0v) is 14.4. The van der Waals surface area contributed by atoms with Gasteiger partial charge in [0, 0.05) is 34.5 Å². The van der Waals surface area contributed by atoms with E-state index in [1.54, 1.807) is 12.3 Å². The molecule has 0 saturated heterocycles. The zero-order chi connectivity index (χ0) is 19.1. The van der Waals surface area contributed by atoms with Crippen molar-refractivity contribution in [2.45, 2.75) is 6.92 Å². The van der Waals surface area contributed by atoms with Crippen molar-refractivity contribution in [3.63, 3.8) is 0 Å². The van der Waals surface area contributed by atoms with E-state index in [1.807, 2.05) is 31.3 Å². The van der Waals surface area contributed by atoms with Gasteiger partial charge in [0.15, 0.2) is 5.82 Å². The van der Waals surface area contributed by atoms with Gasteiger partial charge in [-0.15, -0.1) is 0 Å². The topological polar surface area (TPSA) is 137 Å². The molecule has 134 valence electrons. The van der Waals surface area contributed by atoms with Gasteiger partial charge in [0.25, 0.3) is 0 Å². The Balaban J connectivity index is 1.94. The molecule has 0 spiro atoms. The van der Waals surface area contributed by atoms with Gasteiger partial charge in [0.2, 0.25) is 0 Å². The van der Waals surface area contributed by atoms with E-state index >= 15 is 0 Å². The second kappa shape index (κ2) is 6.10. The monoisotopic (exact) mass is 360 g/mol. The summed E-state index contributed by atoms with van der Waals surface area (Å²) in [6, 6.07) is 10.7. The van der Waals surface area contributed by atoms with Gasteiger partial charge < -0.3 is 16.5 Å². The Morgan fingerprint density at radius 1 is 1.11 bits per heavy atom. The van der Waals surface area contributed by atoms with Gasteiger partial charge in [-0.25, -0.2) is 9.97 Å². The van der Waals surface area contributed by atoms with Crippen LogP contribution in [0.1, 0.15) is 5.56 Å². The standard InChI is InChI=1S/C19H16N6O2/c1-10-3-2-4-11-12(9-23-17(10)11)15-7-8-22-19(24-15)16-13(20)5-6-14(21)18(16)25(26)27/h2-9,23H,20-21H2,1H3. The summed E-state index contributed by atoms with van der Waals surface area (Å²) in [6.07, 6.45) is 3.42. The maximum Gasteiger partial charge on any atom is 0.305 e. The number of nitro benzene ring substituents is 1. The fourth-order valence-corrected chi connectivity index (χ4v) is 3.20. The quantitative estimate of drug-likeness (QED) is 0.289. The van der Waals surface area contributed by atoms with E-state index in [1.165, 1.54) is 12.1 Å². The van der Waals surface area contributed by atoms with E-state index in [0.717, 1.165) is 22.0 Å². The van der Waals surface area contributed by atoms with Crippen molar-refractivity contribution >= 4 is 28.0 Å². The summed E-state index contributed by atoms with van der Waals surface area (Å²) in [4.78, 5) is 22.9. The largest absolute Gasteiger partial charge is 0.398 e. The fraction of sp³-hybridized carbons (Fsp3) is 0.0526. The van der Waals surface area contributed by atoms with Crippen molar-refractivity contribution in [1.29, 1.82) is 0 Å². The second-order valence-electron chi connectivity index (χ2n) is 6.19. The SMILES string of the molecule is Cc1cccc2c(-c3ccnc(-c4c(N)ccc(N)c4[N+](=O)[O-])n3)c[nH]c12. The Labute approximate surface area is 154 Å². The average Bonchev–Trinajstić information content (AvgIpc) is 3.09. The lowest BCUT2D eigenvalue weighted by Gasteiger charge is -2.08. The highest BCUT2D eigenvalue weighted by Crippen LogP contribution is 2.38. The third-order valence-corrected chi connectivity index (χ3v) is 4.50. The van der Waals surface area contributed by atoms with Crippen LogP contribution in [-0.4, -0.2) is 19.9 Å². The summed E-state index contributed by atoms with van der Waals surface area (Å²) < 4.78 is 0. The minimum atomic E-state index is -0.563. The Morgan fingerprint density at radius 2 is 1.89 bits per heavy atom. The second-order valence-corrected chi connectivity index (χ2v) is 6.19. The van der Waals surface area contributed by atoms with Crippen molar-refractivity contribution in [3.05, 3.63) is 64.5 Å². The number of nitrogens with zero attached hydrogens (tertiary/aromatic N) is 3. The summed E-state index contributed by atoms with van der Waals surface area (Å²) in [5.41, 5.74) is 15.5. The van der Waals surface area contributed by atoms with Crippen LogP contribution in [0.3, 0.4) is 0 Å². The number of fused-ring (bicyclic) bond motifs is 1. The molecule has 0 saturated carbocycles. The molecule has 0 fully saturated rings. The number of rotatable bonds is 3. The van der Waals surface area contributed by atoms with Crippen LogP contribution in [0.4, 0.5) is 17.1 Å². The smallest absolute Gasteiger partial charge is 0.305 e. The Hall–Kier alpha value is -3.94. The molecular weight excluding hydrogens is 344 g/mol. The number of benzene rings is 2. The number of aromatic nitrogens is 3. The van der Waals surface area contributed by atoms with Crippen LogP contribution >= 0.6 is 0 Å². The normalized spacial score (nSPS) is 11.0. The molecule has 0 atom stereocenters. The first-order valence-electron chi connectivity index (χ1n) is 8.20. The molecule has 2 aromatic carbocycles. The molecule has 0 radical (unpaired) electrons. The molecule has 0 bridgehead atoms. The highest BCUT2D eigenvalue weighted by Gasteiger charge is 2.24. The number of H-pyrrole nitrogens is 1. The number of nitro groups is 1. The van der Waals surface area contributed by atoms with Crippen LogP contribution < -0.4 is 11.5 Å². The summed E-state index contributed by atoms with van der Waals surface area (Å²) >= 11 is 0. The Morgan fingerprint density at radius 3 is 2.67 bits per heavy atom. The molecule has 0 aliphatic heterocycles. The number of nitrogen functional groups attached to an aromatic ring is 2. The summed E-state index contributed by atoms with van der Waals surface area (Å²) in [6.45, 7) is 2.02. The zero-order valence-electron chi connectivity index (χ0n) is 14.4. The molecule has 5 N–H and O–H groups in total. The first-order valence-corrected chi connectivity index (χ1v) is 8.20. The lowest BCUT2D eigenvalue weighted by molar-refractivity contribution is -0.383. The predicted molar refractivity (Wildman–Crippen MR) is 105 cm³/mol. The molecule has 8 nitrogen and oxygen atoms in total. The van der Waals surface area contributed by atoms with Gasteiger partial charge in [-0.05, 0) is 30.7 Å². The van der Waals surface area contributed by atoms with E-state index in [9.17, 15) is 10.1 Å². The van der Waals surface area contributed by atoms with Crippen molar-refractivity contribution in [2.24, 2.45) is 0 Å². The molecule has 27 heavy (non-hydrogen) atoms. The molecule has 2 heterocycles. The molecule has 2 aromatic heterocycles. The number of aryl methyl sites for hydroxylation is 1.